The van der Waals surface area contributed by atoms with Gasteiger partial charge in [0, 0.05) is 22.5 Å². The van der Waals surface area contributed by atoms with Gasteiger partial charge in [0.25, 0.3) is 0 Å². The van der Waals surface area contributed by atoms with Crippen molar-refractivity contribution >= 4 is 22.2 Å². The highest BCUT2D eigenvalue weighted by molar-refractivity contribution is 7.13. The Bertz CT molecular complexity index is 703. The number of hydrogen-bond acceptors (Lipinski definition) is 3. The Morgan fingerprint density at radius 3 is 2.95 bits per heavy atom. The molecule has 3 nitrogen and oxygen atoms in total. The third-order valence-corrected chi connectivity index (χ3v) is 4.19. The Kier molecular flexibility index (Phi) is 3.80. The van der Waals surface area contributed by atoms with Gasteiger partial charge >= 0.3 is 0 Å². The number of nitrogens with two attached hydrogens (primary N) is 1. The molecule has 0 saturated carbocycles. The summed E-state index contributed by atoms with van der Waals surface area (Å²) in [6.45, 7) is 0.684. The van der Waals surface area contributed by atoms with Crippen LogP contribution in [0.25, 0.3) is 21.6 Å². The van der Waals surface area contributed by atoms with E-state index in [1.165, 1.54) is 6.07 Å². The van der Waals surface area contributed by atoms with Crippen molar-refractivity contribution in [3.8, 4) is 10.7 Å². The van der Waals surface area contributed by atoms with Gasteiger partial charge in [-0.3, -0.25) is 0 Å². The minimum atomic E-state index is -0.206. The van der Waals surface area contributed by atoms with E-state index in [-0.39, 0.29) is 5.82 Å². The molecular weight excluding hydrogens is 273 g/mol. The Morgan fingerprint density at radius 2 is 2.20 bits per heavy atom. The van der Waals surface area contributed by atoms with Crippen molar-refractivity contribution in [2.45, 2.75) is 19.3 Å². The number of aryl methyl sites for hydroxylation is 1. The van der Waals surface area contributed by atoms with E-state index in [4.69, 9.17) is 5.73 Å². The molecule has 3 rings (SSSR count). The summed E-state index contributed by atoms with van der Waals surface area (Å²) in [4.78, 5) is 7.73. The first-order chi connectivity index (χ1) is 9.79. The van der Waals surface area contributed by atoms with E-state index in [0.29, 0.717) is 6.54 Å². The number of halogens is 1. The summed E-state index contributed by atoms with van der Waals surface area (Å²) in [6.07, 6.45) is 4.64. The van der Waals surface area contributed by atoms with Crippen LogP contribution in [-0.2, 0) is 6.42 Å². The quantitative estimate of drug-likeness (QED) is 0.703. The van der Waals surface area contributed by atoms with Crippen LogP contribution in [0.4, 0.5) is 4.39 Å². The zero-order chi connectivity index (χ0) is 13.9. The number of aromatic amines is 1. The van der Waals surface area contributed by atoms with Gasteiger partial charge < -0.3 is 10.7 Å². The van der Waals surface area contributed by atoms with Gasteiger partial charge in [0.2, 0.25) is 0 Å². The molecule has 1 aromatic carbocycles. The molecule has 0 bridgehead atoms. The number of rotatable bonds is 5. The second-order valence-electron chi connectivity index (χ2n) is 4.75. The van der Waals surface area contributed by atoms with Crippen molar-refractivity contribution in [2.24, 2.45) is 5.73 Å². The van der Waals surface area contributed by atoms with Gasteiger partial charge in [0.05, 0.1) is 5.69 Å². The van der Waals surface area contributed by atoms with E-state index in [9.17, 15) is 4.39 Å². The number of thiazole rings is 1. The highest BCUT2D eigenvalue weighted by Crippen LogP contribution is 2.32. The lowest BCUT2D eigenvalue weighted by molar-refractivity contribution is 0.629. The topological polar surface area (TPSA) is 54.7 Å². The zero-order valence-electron chi connectivity index (χ0n) is 11.0. The van der Waals surface area contributed by atoms with E-state index in [1.807, 2.05) is 5.38 Å². The van der Waals surface area contributed by atoms with Gasteiger partial charge in [-0.25, -0.2) is 9.37 Å². The lowest BCUT2D eigenvalue weighted by Gasteiger charge is -2.02. The largest absolute Gasteiger partial charge is 0.352 e. The summed E-state index contributed by atoms with van der Waals surface area (Å²) in [5.74, 6) is -0.206. The number of hydrogen-bond donors (Lipinski definition) is 2. The first kappa shape index (κ1) is 13.3. The molecular formula is C15H16FN3S. The summed E-state index contributed by atoms with van der Waals surface area (Å²) < 4.78 is 13.5. The fraction of sp³-hybridized carbons (Fsp3) is 0.267. The lowest BCUT2D eigenvalue weighted by atomic mass is 10.0. The Balaban J connectivity index is 2.10. The molecule has 0 aliphatic carbocycles. The van der Waals surface area contributed by atoms with Crippen LogP contribution in [0.5, 0.6) is 0 Å². The van der Waals surface area contributed by atoms with Crippen LogP contribution in [0, 0.1) is 5.82 Å². The molecule has 0 aliphatic heterocycles. The Hall–Kier alpha value is -1.72. The maximum absolute atomic E-state index is 13.5. The van der Waals surface area contributed by atoms with Crippen molar-refractivity contribution in [3.63, 3.8) is 0 Å². The van der Waals surface area contributed by atoms with E-state index in [2.05, 4.69) is 9.97 Å². The van der Waals surface area contributed by atoms with Crippen molar-refractivity contribution < 1.29 is 4.39 Å². The zero-order valence-corrected chi connectivity index (χ0v) is 11.8. The summed E-state index contributed by atoms with van der Waals surface area (Å²) in [7, 11) is 0. The van der Waals surface area contributed by atoms with E-state index < -0.39 is 0 Å². The molecule has 104 valence electrons. The summed E-state index contributed by atoms with van der Waals surface area (Å²) in [5, 5.41) is 3.85. The van der Waals surface area contributed by atoms with Crippen molar-refractivity contribution in [2.75, 3.05) is 6.54 Å². The molecule has 3 N–H and O–H groups in total. The standard InChI is InChI=1S/C15H16FN3S/c16-10-4-5-13-12(9-10)11(3-1-2-6-17)14(19-13)15-18-7-8-20-15/h4-5,7-9,19H,1-3,6,17H2. The van der Waals surface area contributed by atoms with Crippen LogP contribution in [0.1, 0.15) is 18.4 Å². The number of fused-ring (bicyclic) bond motifs is 1. The first-order valence-electron chi connectivity index (χ1n) is 6.69. The smallest absolute Gasteiger partial charge is 0.139 e. The first-order valence-corrected chi connectivity index (χ1v) is 7.57. The number of nitrogens with one attached hydrogen (secondary N) is 1. The lowest BCUT2D eigenvalue weighted by Crippen LogP contribution is -1.99. The Labute approximate surface area is 120 Å². The van der Waals surface area contributed by atoms with Gasteiger partial charge in [0.15, 0.2) is 0 Å². The minimum Gasteiger partial charge on any atom is -0.352 e. The van der Waals surface area contributed by atoms with Crippen molar-refractivity contribution in [3.05, 3.63) is 41.2 Å². The summed E-state index contributed by atoms with van der Waals surface area (Å²) in [6, 6.07) is 4.86. The van der Waals surface area contributed by atoms with Gasteiger partial charge in [-0.15, -0.1) is 11.3 Å². The molecule has 20 heavy (non-hydrogen) atoms. The van der Waals surface area contributed by atoms with E-state index in [1.54, 1.807) is 29.7 Å². The number of benzene rings is 1. The maximum Gasteiger partial charge on any atom is 0.139 e. The third-order valence-electron chi connectivity index (χ3n) is 3.40. The Morgan fingerprint density at radius 1 is 1.30 bits per heavy atom. The maximum atomic E-state index is 13.5. The number of aromatic nitrogens is 2. The molecule has 2 aromatic heterocycles. The number of unbranched alkanes of at least 4 members (excludes halogenated alkanes) is 1. The molecule has 3 aromatic rings. The molecule has 0 spiro atoms. The monoisotopic (exact) mass is 289 g/mol. The van der Waals surface area contributed by atoms with E-state index in [0.717, 1.165) is 46.4 Å². The fourth-order valence-corrected chi connectivity index (χ4v) is 3.12. The van der Waals surface area contributed by atoms with Crippen LogP contribution in [0.2, 0.25) is 0 Å². The van der Waals surface area contributed by atoms with Gasteiger partial charge in [0.1, 0.15) is 10.8 Å². The van der Waals surface area contributed by atoms with Crippen molar-refractivity contribution in [1.29, 1.82) is 0 Å². The summed E-state index contributed by atoms with van der Waals surface area (Å²) in [5.41, 5.74) is 8.67. The average Bonchev–Trinajstić information content (AvgIpc) is 3.07. The number of nitrogens with zero attached hydrogens (tertiary/aromatic N) is 1. The third kappa shape index (κ3) is 2.46. The molecule has 0 atom stereocenters. The van der Waals surface area contributed by atoms with Crippen LogP contribution >= 0.6 is 11.3 Å². The molecule has 5 heteroatoms. The number of H-pyrrole nitrogens is 1. The van der Waals surface area contributed by atoms with Crippen LogP contribution < -0.4 is 5.73 Å². The van der Waals surface area contributed by atoms with Gasteiger partial charge in [-0.2, -0.15) is 0 Å². The van der Waals surface area contributed by atoms with Crippen LogP contribution in [-0.4, -0.2) is 16.5 Å². The summed E-state index contributed by atoms with van der Waals surface area (Å²) >= 11 is 1.59. The molecule has 0 unspecified atom stereocenters. The van der Waals surface area contributed by atoms with Crippen LogP contribution in [0.15, 0.2) is 29.8 Å². The average molecular weight is 289 g/mol. The minimum absolute atomic E-state index is 0.206. The normalized spacial score (nSPS) is 11.3. The van der Waals surface area contributed by atoms with Crippen molar-refractivity contribution in [1.82, 2.24) is 9.97 Å². The second kappa shape index (κ2) is 5.73. The van der Waals surface area contributed by atoms with Crippen LogP contribution in [0.3, 0.4) is 0 Å². The predicted octanol–water partition coefficient (Wildman–Crippen LogP) is 3.71. The second-order valence-corrected chi connectivity index (χ2v) is 5.65. The molecule has 0 amide bonds. The predicted molar refractivity (Wildman–Crippen MR) is 81.4 cm³/mol. The SMILES string of the molecule is NCCCCc1c(-c2nccs2)[nH]c2ccc(F)cc12. The van der Waals surface area contributed by atoms with Gasteiger partial charge in [-0.05, 0) is 49.6 Å². The van der Waals surface area contributed by atoms with E-state index >= 15 is 0 Å². The molecule has 0 saturated heterocycles. The molecule has 0 radical (unpaired) electrons. The highest BCUT2D eigenvalue weighted by Gasteiger charge is 2.15. The molecule has 2 heterocycles. The molecule has 0 aliphatic rings. The fourth-order valence-electron chi connectivity index (χ4n) is 2.46. The highest BCUT2D eigenvalue weighted by atomic mass is 32.1. The molecule has 0 fully saturated rings. The van der Waals surface area contributed by atoms with Gasteiger partial charge in [-0.1, -0.05) is 0 Å².